The molecule has 2 amide bonds. The van der Waals surface area contributed by atoms with E-state index in [1.165, 1.54) is 6.07 Å². The van der Waals surface area contributed by atoms with E-state index in [4.69, 9.17) is 0 Å². The molecule has 0 radical (unpaired) electrons. The lowest BCUT2D eigenvalue weighted by atomic mass is 10.3. The highest BCUT2D eigenvalue weighted by Crippen LogP contribution is 2.17. The van der Waals surface area contributed by atoms with E-state index >= 15 is 0 Å². The van der Waals surface area contributed by atoms with E-state index < -0.39 is 29.1 Å². The summed E-state index contributed by atoms with van der Waals surface area (Å²) in [6.07, 6.45) is 3.06. The molecular formula is C17H18F2N4O2. The second-order valence-corrected chi connectivity index (χ2v) is 5.16. The predicted molar refractivity (Wildman–Crippen MR) is 90.0 cm³/mol. The Hall–Kier alpha value is -3.03. The van der Waals surface area contributed by atoms with Gasteiger partial charge in [0.25, 0.3) is 0 Å². The van der Waals surface area contributed by atoms with Crippen LogP contribution in [0.3, 0.4) is 0 Å². The van der Waals surface area contributed by atoms with E-state index in [1.54, 1.807) is 6.20 Å². The Morgan fingerprint density at radius 1 is 0.920 bits per heavy atom. The highest BCUT2D eigenvalue weighted by atomic mass is 19.1. The number of benzene rings is 1. The number of unbranched alkanes of at least 4 members (excludes halogenated alkanes) is 1. The first-order valence-corrected chi connectivity index (χ1v) is 7.76. The van der Waals surface area contributed by atoms with Gasteiger partial charge < -0.3 is 16.0 Å². The summed E-state index contributed by atoms with van der Waals surface area (Å²) in [6.45, 7) is 0.940. The number of nitrogens with zero attached hydrogens (tertiary/aromatic N) is 1. The van der Waals surface area contributed by atoms with Gasteiger partial charge >= 0.3 is 11.8 Å². The summed E-state index contributed by atoms with van der Waals surface area (Å²) < 4.78 is 26.8. The zero-order chi connectivity index (χ0) is 18.1. The van der Waals surface area contributed by atoms with E-state index in [2.05, 4.69) is 15.6 Å². The SMILES string of the molecule is O=C(NCCCCNc1ccccn1)C(=O)Nc1c(F)cccc1F. The first-order valence-electron chi connectivity index (χ1n) is 7.76. The molecule has 0 aliphatic carbocycles. The molecule has 0 spiro atoms. The quantitative estimate of drug-likeness (QED) is 0.530. The van der Waals surface area contributed by atoms with E-state index in [0.29, 0.717) is 13.0 Å². The Morgan fingerprint density at radius 2 is 1.64 bits per heavy atom. The summed E-state index contributed by atoms with van der Waals surface area (Å²) in [5.74, 6) is -3.18. The average Bonchev–Trinajstić information content (AvgIpc) is 2.61. The predicted octanol–water partition coefficient (Wildman–Crippen LogP) is 2.31. The van der Waals surface area contributed by atoms with Crippen molar-refractivity contribution in [1.29, 1.82) is 0 Å². The third kappa shape index (κ3) is 5.83. The molecule has 132 valence electrons. The van der Waals surface area contributed by atoms with Crippen molar-refractivity contribution in [2.24, 2.45) is 0 Å². The molecule has 25 heavy (non-hydrogen) atoms. The number of carbonyl (C=O) groups excluding carboxylic acids is 2. The van der Waals surface area contributed by atoms with Gasteiger partial charge in [-0.05, 0) is 37.1 Å². The summed E-state index contributed by atoms with van der Waals surface area (Å²) in [5.41, 5.74) is -0.637. The Balaban J connectivity index is 1.65. The minimum atomic E-state index is -1.12. The van der Waals surface area contributed by atoms with Crippen LogP contribution in [0.25, 0.3) is 0 Å². The fourth-order valence-corrected chi connectivity index (χ4v) is 2.00. The Bertz CT molecular complexity index is 706. The van der Waals surface area contributed by atoms with Crippen LogP contribution in [0.1, 0.15) is 12.8 Å². The Kier molecular flexibility index (Phi) is 6.82. The second kappa shape index (κ2) is 9.31. The Morgan fingerprint density at radius 3 is 2.32 bits per heavy atom. The topological polar surface area (TPSA) is 83.1 Å². The zero-order valence-electron chi connectivity index (χ0n) is 13.4. The average molecular weight is 348 g/mol. The maximum atomic E-state index is 13.4. The molecule has 3 N–H and O–H groups in total. The van der Waals surface area contributed by atoms with Crippen LogP contribution in [0, 0.1) is 11.6 Å². The third-order valence-corrected chi connectivity index (χ3v) is 3.27. The molecule has 0 fully saturated rings. The van der Waals surface area contributed by atoms with Gasteiger partial charge in [-0.1, -0.05) is 12.1 Å². The van der Waals surface area contributed by atoms with Crippen molar-refractivity contribution in [2.75, 3.05) is 23.7 Å². The highest BCUT2D eigenvalue weighted by Gasteiger charge is 2.17. The molecule has 0 bridgehead atoms. The molecule has 2 aromatic rings. The highest BCUT2D eigenvalue weighted by molar-refractivity contribution is 6.39. The van der Waals surface area contributed by atoms with Gasteiger partial charge in [0, 0.05) is 19.3 Å². The van der Waals surface area contributed by atoms with Crippen molar-refractivity contribution in [2.45, 2.75) is 12.8 Å². The molecule has 1 heterocycles. The molecule has 0 unspecified atom stereocenters. The number of carbonyl (C=O) groups is 2. The van der Waals surface area contributed by atoms with Gasteiger partial charge in [0.05, 0.1) is 0 Å². The van der Waals surface area contributed by atoms with Crippen LogP contribution in [-0.2, 0) is 9.59 Å². The zero-order valence-corrected chi connectivity index (χ0v) is 13.4. The van der Waals surface area contributed by atoms with Gasteiger partial charge in [-0.15, -0.1) is 0 Å². The van der Waals surface area contributed by atoms with E-state index in [9.17, 15) is 18.4 Å². The normalized spacial score (nSPS) is 10.2. The molecule has 1 aromatic carbocycles. The van der Waals surface area contributed by atoms with Crippen LogP contribution in [0.2, 0.25) is 0 Å². The largest absolute Gasteiger partial charge is 0.370 e. The number of amides is 2. The summed E-state index contributed by atoms with van der Waals surface area (Å²) >= 11 is 0. The minimum absolute atomic E-state index is 0.274. The number of anilines is 2. The molecule has 0 aliphatic heterocycles. The first-order chi connectivity index (χ1) is 12.1. The number of rotatable bonds is 7. The van der Waals surface area contributed by atoms with Crippen LogP contribution in [-0.4, -0.2) is 29.9 Å². The van der Waals surface area contributed by atoms with Gasteiger partial charge in [-0.25, -0.2) is 13.8 Å². The van der Waals surface area contributed by atoms with Crippen molar-refractivity contribution in [3.05, 3.63) is 54.2 Å². The van der Waals surface area contributed by atoms with Crippen molar-refractivity contribution in [3.63, 3.8) is 0 Å². The number of nitrogens with one attached hydrogen (secondary N) is 3. The van der Waals surface area contributed by atoms with Crippen molar-refractivity contribution < 1.29 is 18.4 Å². The van der Waals surface area contributed by atoms with Crippen LogP contribution in [0.4, 0.5) is 20.3 Å². The van der Waals surface area contributed by atoms with E-state index in [0.717, 1.165) is 24.4 Å². The number of aromatic nitrogens is 1. The molecule has 2 rings (SSSR count). The molecule has 0 saturated carbocycles. The summed E-state index contributed by atoms with van der Waals surface area (Å²) in [7, 11) is 0. The smallest absolute Gasteiger partial charge is 0.313 e. The maximum absolute atomic E-state index is 13.4. The standard InChI is InChI=1S/C17H18F2N4O2/c18-12-6-5-7-13(19)15(12)23-17(25)16(24)22-11-4-3-10-21-14-8-1-2-9-20-14/h1-2,5-9H,3-4,10-11H2,(H,20,21)(H,22,24)(H,23,25). The molecular weight excluding hydrogens is 330 g/mol. The monoisotopic (exact) mass is 348 g/mol. The second-order valence-electron chi connectivity index (χ2n) is 5.16. The fraction of sp³-hybridized carbons (Fsp3) is 0.235. The van der Waals surface area contributed by atoms with Crippen LogP contribution >= 0.6 is 0 Å². The lowest BCUT2D eigenvalue weighted by Gasteiger charge is -2.08. The van der Waals surface area contributed by atoms with Crippen molar-refractivity contribution in [1.82, 2.24) is 10.3 Å². The molecule has 1 aromatic heterocycles. The van der Waals surface area contributed by atoms with Gasteiger partial charge in [-0.2, -0.15) is 0 Å². The number of para-hydroxylation sites is 1. The molecule has 8 heteroatoms. The van der Waals surface area contributed by atoms with Crippen molar-refractivity contribution in [3.8, 4) is 0 Å². The van der Waals surface area contributed by atoms with Gasteiger partial charge in [-0.3, -0.25) is 9.59 Å². The lowest BCUT2D eigenvalue weighted by Crippen LogP contribution is -2.36. The van der Waals surface area contributed by atoms with Crippen LogP contribution in [0.5, 0.6) is 0 Å². The third-order valence-electron chi connectivity index (χ3n) is 3.27. The molecule has 0 aliphatic rings. The first kappa shape index (κ1) is 18.3. The van der Waals surface area contributed by atoms with Gasteiger partial charge in [0.1, 0.15) is 23.1 Å². The molecule has 6 nitrogen and oxygen atoms in total. The number of hydrogen-bond acceptors (Lipinski definition) is 4. The molecule has 0 saturated heterocycles. The maximum Gasteiger partial charge on any atom is 0.313 e. The van der Waals surface area contributed by atoms with Gasteiger partial charge in [0.15, 0.2) is 0 Å². The number of hydrogen-bond donors (Lipinski definition) is 3. The van der Waals surface area contributed by atoms with Crippen LogP contribution in [0.15, 0.2) is 42.6 Å². The van der Waals surface area contributed by atoms with E-state index in [-0.39, 0.29) is 6.54 Å². The lowest BCUT2D eigenvalue weighted by molar-refractivity contribution is -0.136. The fourth-order valence-electron chi connectivity index (χ4n) is 2.00. The molecule has 0 atom stereocenters. The van der Waals surface area contributed by atoms with Gasteiger partial charge in [0.2, 0.25) is 0 Å². The summed E-state index contributed by atoms with van der Waals surface area (Å²) in [4.78, 5) is 27.4. The minimum Gasteiger partial charge on any atom is -0.370 e. The van der Waals surface area contributed by atoms with E-state index in [1.807, 2.05) is 23.5 Å². The summed E-state index contributed by atoms with van der Waals surface area (Å²) in [5, 5.41) is 7.45. The summed E-state index contributed by atoms with van der Waals surface area (Å²) in [6, 6.07) is 8.68. The van der Waals surface area contributed by atoms with Crippen LogP contribution < -0.4 is 16.0 Å². The number of pyridine rings is 1. The number of halogens is 2. The Labute approximate surface area is 143 Å². The van der Waals surface area contributed by atoms with Crippen molar-refractivity contribution >= 4 is 23.3 Å².